The number of hydrogen-bond donors (Lipinski definition) is 5. The molecule has 0 aromatic heterocycles. The number of benzene rings is 2. The monoisotopic (exact) mass is 539 g/mol. The summed E-state index contributed by atoms with van der Waals surface area (Å²) in [4.78, 5) is 77.7. The van der Waals surface area contributed by atoms with Gasteiger partial charge in [0.25, 0.3) is 11.6 Å². The first-order chi connectivity index (χ1) is 18.3. The molecule has 14 heteroatoms. The van der Waals surface area contributed by atoms with Gasteiger partial charge in [-0.15, -0.1) is 0 Å². The summed E-state index contributed by atoms with van der Waals surface area (Å²) in [5, 5.41) is 27.0. The summed E-state index contributed by atoms with van der Waals surface area (Å²) >= 11 is 0. The van der Waals surface area contributed by atoms with Gasteiger partial charge in [0.2, 0.25) is 5.91 Å². The van der Waals surface area contributed by atoms with Crippen LogP contribution in [0.15, 0.2) is 54.6 Å². The van der Waals surface area contributed by atoms with Crippen LogP contribution < -0.4 is 16.4 Å². The zero-order valence-corrected chi connectivity index (χ0v) is 20.6. The van der Waals surface area contributed by atoms with Crippen LogP contribution in [0.4, 0.5) is 10.5 Å². The third-order valence-electron chi connectivity index (χ3n) is 5.99. The molecule has 0 aliphatic carbocycles. The molecule has 3 amide bonds. The maximum Gasteiger partial charge on any atom is 0.420 e. The Hall–Kier alpha value is -5.11. The van der Waals surface area contributed by atoms with Crippen LogP contribution in [0, 0.1) is 5.41 Å². The Morgan fingerprint density at radius 2 is 1.67 bits per heavy atom. The number of nitrogens with zero attached hydrogens (tertiary/aromatic N) is 2. The SMILES string of the molecule is CC(=O)[C@](C(=O)O)(N1C(=O)OC(Cc2ccc(C(=N)N)cc2)C1=O)N(C(=O)[C@@H](N)CC(=O)O)c1ccccc1. The smallest absolute Gasteiger partial charge is 0.420 e. The number of cyclic esters (lactones) is 1. The number of anilines is 1. The molecule has 14 nitrogen and oxygen atoms in total. The molecule has 1 heterocycles. The summed E-state index contributed by atoms with van der Waals surface area (Å²) in [6.45, 7) is 0.758. The van der Waals surface area contributed by atoms with E-state index in [1.54, 1.807) is 0 Å². The molecular weight excluding hydrogens is 514 g/mol. The van der Waals surface area contributed by atoms with Crippen LogP contribution in [0.25, 0.3) is 0 Å². The van der Waals surface area contributed by atoms with Crippen molar-refractivity contribution in [3.05, 3.63) is 65.7 Å². The van der Waals surface area contributed by atoms with Crippen LogP contribution >= 0.6 is 0 Å². The van der Waals surface area contributed by atoms with Crippen LogP contribution in [0.5, 0.6) is 0 Å². The Morgan fingerprint density at radius 1 is 1.08 bits per heavy atom. The lowest BCUT2D eigenvalue weighted by Crippen LogP contribution is -2.74. The number of carbonyl (C=O) groups is 6. The lowest BCUT2D eigenvalue weighted by Gasteiger charge is -2.42. The molecule has 0 radical (unpaired) electrons. The zero-order valence-electron chi connectivity index (χ0n) is 20.6. The highest BCUT2D eigenvalue weighted by Gasteiger charge is 2.65. The van der Waals surface area contributed by atoms with Gasteiger partial charge in [0, 0.05) is 17.7 Å². The number of hydrogen-bond acceptors (Lipinski definition) is 9. The number of carboxylic acid groups (broad SMARTS) is 2. The minimum Gasteiger partial charge on any atom is -0.481 e. The second-order valence-corrected chi connectivity index (χ2v) is 8.61. The highest BCUT2D eigenvalue weighted by atomic mass is 16.6. The van der Waals surface area contributed by atoms with Crippen molar-refractivity contribution < 1.29 is 43.7 Å². The van der Waals surface area contributed by atoms with Crippen molar-refractivity contribution in [1.82, 2.24) is 4.90 Å². The summed E-state index contributed by atoms with van der Waals surface area (Å²) in [5.41, 5.74) is 8.50. The number of aliphatic carboxylic acids is 2. The van der Waals surface area contributed by atoms with Crippen LogP contribution in [0.2, 0.25) is 0 Å². The first kappa shape index (κ1) is 28.5. The van der Waals surface area contributed by atoms with Crippen molar-refractivity contribution in [2.45, 2.75) is 37.6 Å². The van der Waals surface area contributed by atoms with Gasteiger partial charge in [-0.2, -0.15) is 0 Å². The van der Waals surface area contributed by atoms with Crippen LogP contribution in [0.3, 0.4) is 0 Å². The molecule has 0 spiro atoms. The van der Waals surface area contributed by atoms with Crippen molar-refractivity contribution in [2.24, 2.45) is 11.5 Å². The van der Waals surface area contributed by atoms with Crippen LogP contribution in [-0.2, 0) is 35.1 Å². The van der Waals surface area contributed by atoms with Gasteiger partial charge in [-0.05, 0) is 24.6 Å². The predicted molar refractivity (Wildman–Crippen MR) is 133 cm³/mol. The minimum absolute atomic E-state index is 0.0463. The molecule has 1 fully saturated rings. The minimum atomic E-state index is -3.30. The van der Waals surface area contributed by atoms with E-state index < -0.39 is 59.9 Å². The average Bonchev–Trinajstić information content (AvgIpc) is 3.14. The summed E-state index contributed by atoms with van der Waals surface area (Å²) in [6, 6.07) is 10.9. The molecule has 7 N–H and O–H groups in total. The molecule has 1 aliphatic heterocycles. The number of carbonyl (C=O) groups excluding carboxylic acids is 4. The van der Waals surface area contributed by atoms with E-state index >= 15 is 0 Å². The van der Waals surface area contributed by atoms with E-state index in [0.29, 0.717) is 16.0 Å². The number of nitrogens with two attached hydrogens (primary N) is 2. The van der Waals surface area contributed by atoms with E-state index in [1.165, 1.54) is 54.6 Å². The largest absolute Gasteiger partial charge is 0.481 e. The first-order valence-corrected chi connectivity index (χ1v) is 11.4. The maximum absolute atomic E-state index is 13.5. The molecule has 1 aliphatic rings. The number of para-hydroxylation sites is 1. The van der Waals surface area contributed by atoms with Crippen molar-refractivity contribution >= 4 is 47.2 Å². The number of carboxylic acids is 2. The summed E-state index contributed by atoms with van der Waals surface area (Å²) in [7, 11) is 0. The van der Waals surface area contributed by atoms with E-state index in [0.717, 1.165) is 6.92 Å². The van der Waals surface area contributed by atoms with Gasteiger partial charge in [0.05, 0.1) is 12.5 Å². The summed E-state index contributed by atoms with van der Waals surface area (Å²) < 4.78 is 5.16. The molecule has 1 unspecified atom stereocenters. The van der Waals surface area contributed by atoms with E-state index in [1.807, 2.05) is 0 Å². The second kappa shape index (κ2) is 11.1. The number of amidine groups is 1. The third kappa shape index (κ3) is 5.31. The third-order valence-corrected chi connectivity index (χ3v) is 5.99. The molecule has 204 valence electrons. The predicted octanol–water partition coefficient (Wildman–Crippen LogP) is 0.0657. The lowest BCUT2D eigenvalue weighted by molar-refractivity contribution is -0.161. The molecule has 2 aromatic carbocycles. The fraction of sp³-hybridized carbons (Fsp3) is 0.240. The van der Waals surface area contributed by atoms with Gasteiger partial charge in [-0.1, -0.05) is 42.5 Å². The van der Waals surface area contributed by atoms with Gasteiger partial charge in [0.1, 0.15) is 5.84 Å². The summed E-state index contributed by atoms with van der Waals surface area (Å²) in [5.74, 6) is -7.66. The number of ketones is 1. The van der Waals surface area contributed by atoms with E-state index in [2.05, 4.69) is 0 Å². The average molecular weight is 540 g/mol. The van der Waals surface area contributed by atoms with Gasteiger partial charge in [0.15, 0.2) is 11.9 Å². The van der Waals surface area contributed by atoms with Crippen molar-refractivity contribution in [3.63, 3.8) is 0 Å². The number of imide groups is 1. The van der Waals surface area contributed by atoms with E-state index in [9.17, 15) is 33.9 Å². The number of nitrogen functional groups attached to an aromatic ring is 1. The molecule has 0 bridgehead atoms. The number of Topliss-reactive ketones (excluding diaryl/α,β-unsaturated/α-hetero) is 1. The van der Waals surface area contributed by atoms with Gasteiger partial charge in [-0.3, -0.25) is 29.5 Å². The zero-order chi connectivity index (χ0) is 29.1. The molecule has 0 saturated carbocycles. The topological polar surface area (TPSA) is 234 Å². The summed E-state index contributed by atoms with van der Waals surface area (Å²) in [6.07, 6.45) is -4.25. The highest BCUT2D eigenvalue weighted by Crippen LogP contribution is 2.35. The van der Waals surface area contributed by atoms with Gasteiger partial charge >= 0.3 is 18.0 Å². The fourth-order valence-electron chi connectivity index (χ4n) is 4.16. The van der Waals surface area contributed by atoms with Crippen LogP contribution in [0.1, 0.15) is 24.5 Å². The fourth-order valence-corrected chi connectivity index (χ4v) is 4.16. The Labute approximate surface area is 221 Å². The number of rotatable bonds is 11. The molecule has 3 rings (SSSR count). The molecule has 3 atom stereocenters. The molecule has 1 saturated heterocycles. The number of nitrogens with one attached hydrogen (secondary N) is 1. The Morgan fingerprint density at radius 3 is 2.15 bits per heavy atom. The Kier molecular flexibility index (Phi) is 8.10. The maximum atomic E-state index is 13.5. The lowest BCUT2D eigenvalue weighted by atomic mass is 9.96. The molecular formula is C25H25N5O9. The van der Waals surface area contributed by atoms with Crippen molar-refractivity contribution in [2.75, 3.05) is 4.90 Å². The highest BCUT2D eigenvalue weighted by molar-refractivity contribution is 6.22. The Bertz CT molecular complexity index is 1330. The van der Waals surface area contributed by atoms with Crippen LogP contribution in [-0.4, -0.2) is 74.4 Å². The molecule has 39 heavy (non-hydrogen) atoms. The Balaban J connectivity index is 2.13. The standard InChI is InChI=1S/C25H25N5O9/c1-13(31)25(23(36)37,29(16-5-3-2-4-6-16)21(34)17(26)12-19(32)33)30-22(35)18(39-24(30)38)11-14-7-9-15(10-8-14)20(27)28/h2-10,17-18H,11-12,26H2,1H3,(H3,27,28)(H,32,33)(H,36,37)/t17-,18?,25+/m0/s1. The van der Waals surface area contributed by atoms with E-state index in [-0.39, 0.29) is 22.8 Å². The quantitative estimate of drug-likeness (QED) is 0.145. The number of amides is 3. The van der Waals surface area contributed by atoms with Crippen molar-refractivity contribution in [1.29, 1.82) is 5.41 Å². The van der Waals surface area contributed by atoms with Crippen molar-refractivity contribution in [3.8, 4) is 0 Å². The van der Waals surface area contributed by atoms with E-state index in [4.69, 9.17) is 26.7 Å². The molecule has 2 aromatic rings. The number of ether oxygens (including phenoxy) is 1. The first-order valence-electron chi connectivity index (χ1n) is 11.4. The van der Waals surface area contributed by atoms with Gasteiger partial charge < -0.3 is 26.4 Å². The normalized spacial score (nSPS) is 17.1. The van der Waals surface area contributed by atoms with Gasteiger partial charge in [-0.25, -0.2) is 14.5 Å². The second-order valence-electron chi connectivity index (χ2n) is 8.61.